The first-order valence-corrected chi connectivity index (χ1v) is 4.67. The molecule has 2 aliphatic rings. The Morgan fingerprint density at radius 2 is 2.33 bits per heavy atom. The van der Waals surface area contributed by atoms with Gasteiger partial charge in [-0.05, 0) is 19.8 Å². The highest BCUT2D eigenvalue weighted by Gasteiger charge is 2.47. The molecule has 1 spiro atoms. The summed E-state index contributed by atoms with van der Waals surface area (Å²) in [6.45, 7) is 3.01. The number of rotatable bonds is 1. The van der Waals surface area contributed by atoms with Gasteiger partial charge >= 0.3 is 0 Å². The molecule has 3 heteroatoms. The van der Waals surface area contributed by atoms with Crippen molar-refractivity contribution in [2.24, 2.45) is 0 Å². The third-order valence-electron chi connectivity index (χ3n) is 3.13. The molecule has 0 aromatic carbocycles. The van der Waals surface area contributed by atoms with Gasteiger partial charge in [-0.2, -0.15) is 0 Å². The molecule has 0 aromatic heterocycles. The van der Waals surface area contributed by atoms with Gasteiger partial charge in [0.1, 0.15) is 0 Å². The van der Waals surface area contributed by atoms with Crippen LogP contribution in [0.25, 0.3) is 0 Å². The Hall–Kier alpha value is -0.120. The lowest BCUT2D eigenvalue weighted by atomic mass is 9.93. The molecule has 3 unspecified atom stereocenters. The number of aliphatic hydroxyl groups is 1. The molecule has 2 saturated heterocycles. The molecule has 2 rings (SSSR count). The highest BCUT2D eigenvalue weighted by atomic mass is 16.6. The molecule has 0 amide bonds. The van der Waals surface area contributed by atoms with E-state index < -0.39 is 0 Å². The van der Waals surface area contributed by atoms with E-state index in [1.165, 1.54) is 0 Å². The van der Waals surface area contributed by atoms with E-state index in [-0.39, 0.29) is 24.4 Å². The third-order valence-corrected chi connectivity index (χ3v) is 3.13. The SMILES string of the molecule is CC1OCCC12CCC(CO)O2. The van der Waals surface area contributed by atoms with Crippen molar-refractivity contribution in [3.63, 3.8) is 0 Å². The molecule has 0 radical (unpaired) electrons. The van der Waals surface area contributed by atoms with Crippen LogP contribution in [0.15, 0.2) is 0 Å². The van der Waals surface area contributed by atoms with Crippen LogP contribution in [0, 0.1) is 0 Å². The molecule has 1 N–H and O–H groups in total. The summed E-state index contributed by atoms with van der Waals surface area (Å²) in [7, 11) is 0. The molecule has 0 aliphatic carbocycles. The quantitative estimate of drug-likeness (QED) is 0.633. The van der Waals surface area contributed by atoms with E-state index in [2.05, 4.69) is 6.92 Å². The van der Waals surface area contributed by atoms with Crippen LogP contribution < -0.4 is 0 Å². The van der Waals surface area contributed by atoms with Crippen LogP contribution in [-0.2, 0) is 9.47 Å². The monoisotopic (exact) mass is 172 g/mol. The van der Waals surface area contributed by atoms with Crippen LogP contribution in [0.2, 0.25) is 0 Å². The van der Waals surface area contributed by atoms with Crippen LogP contribution in [0.1, 0.15) is 26.2 Å². The van der Waals surface area contributed by atoms with Gasteiger partial charge in [0.25, 0.3) is 0 Å². The summed E-state index contributed by atoms with van der Waals surface area (Å²) in [4.78, 5) is 0. The molecule has 0 bridgehead atoms. The van der Waals surface area contributed by atoms with E-state index in [1.54, 1.807) is 0 Å². The maximum atomic E-state index is 8.93. The average molecular weight is 172 g/mol. The van der Waals surface area contributed by atoms with Gasteiger partial charge in [-0.1, -0.05) is 0 Å². The maximum Gasteiger partial charge on any atom is 0.0967 e. The molecule has 2 fully saturated rings. The summed E-state index contributed by atoms with van der Waals surface area (Å²) < 4.78 is 11.3. The van der Waals surface area contributed by atoms with Crippen molar-refractivity contribution in [1.82, 2.24) is 0 Å². The first kappa shape index (κ1) is 8.48. The minimum absolute atomic E-state index is 0.0501. The van der Waals surface area contributed by atoms with Gasteiger partial charge in [-0.25, -0.2) is 0 Å². The zero-order valence-electron chi connectivity index (χ0n) is 7.45. The lowest BCUT2D eigenvalue weighted by Gasteiger charge is -2.26. The molecule has 2 aliphatic heterocycles. The summed E-state index contributed by atoms with van der Waals surface area (Å²) in [5.41, 5.74) is -0.0621. The molecule has 12 heavy (non-hydrogen) atoms. The second kappa shape index (κ2) is 2.98. The van der Waals surface area contributed by atoms with E-state index in [1.807, 2.05) is 0 Å². The van der Waals surface area contributed by atoms with Crippen molar-refractivity contribution in [2.75, 3.05) is 13.2 Å². The normalized spacial score (nSPS) is 47.5. The average Bonchev–Trinajstić information content (AvgIpc) is 2.63. The highest BCUT2D eigenvalue weighted by Crippen LogP contribution is 2.40. The van der Waals surface area contributed by atoms with Gasteiger partial charge in [0.05, 0.1) is 24.4 Å². The second-order valence-electron chi connectivity index (χ2n) is 3.79. The van der Waals surface area contributed by atoms with Crippen LogP contribution in [0.3, 0.4) is 0 Å². The minimum Gasteiger partial charge on any atom is -0.394 e. The fourth-order valence-electron chi connectivity index (χ4n) is 2.23. The second-order valence-corrected chi connectivity index (χ2v) is 3.79. The zero-order chi connectivity index (χ0) is 8.60. The molecule has 70 valence electrons. The van der Waals surface area contributed by atoms with Crippen LogP contribution in [0.4, 0.5) is 0 Å². The Kier molecular flexibility index (Phi) is 2.10. The molecular weight excluding hydrogens is 156 g/mol. The Labute approximate surface area is 72.7 Å². The smallest absolute Gasteiger partial charge is 0.0967 e. The molecule has 0 aromatic rings. The predicted molar refractivity (Wildman–Crippen MR) is 44.0 cm³/mol. The van der Waals surface area contributed by atoms with Crippen molar-refractivity contribution < 1.29 is 14.6 Å². The van der Waals surface area contributed by atoms with E-state index in [4.69, 9.17) is 14.6 Å². The highest BCUT2D eigenvalue weighted by molar-refractivity contribution is 4.96. The zero-order valence-corrected chi connectivity index (χ0v) is 7.45. The van der Waals surface area contributed by atoms with Crippen molar-refractivity contribution in [1.29, 1.82) is 0 Å². The van der Waals surface area contributed by atoms with Crippen molar-refractivity contribution >= 4 is 0 Å². The predicted octanol–water partition coefficient (Wildman–Crippen LogP) is 0.705. The summed E-state index contributed by atoms with van der Waals surface area (Å²) in [6, 6.07) is 0. The summed E-state index contributed by atoms with van der Waals surface area (Å²) in [5, 5.41) is 8.93. The van der Waals surface area contributed by atoms with Crippen molar-refractivity contribution in [3.05, 3.63) is 0 Å². The van der Waals surface area contributed by atoms with E-state index in [0.29, 0.717) is 0 Å². The molecule has 3 nitrogen and oxygen atoms in total. The number of hydrogen-bond acceptors (Lipinski definition) is 3. The Morgan fingerprint density at radius 1 is 1.50 bits per heavy atom. The lowest BCUT2D eigenvalue weighted by molar-refractivity contribution is -0.0898. The number of ether oxygens (including phenoxy) is 2. The maximum absolute atomic E-state index is 8.93. The Balaban J connectivity index is 2.04. The van der Waals surface area contributed by atoms with Crippen LogP contribution in [-0.4, -0.2) is 36.1 Å². The number of hydrogen-bond donors (Lipinski definition) is 1. The fourth-order valence-corrected chi connectivity index (χ4v) is 2.23. The largest absolute Gasteiger partial charge is 0.394 e. The van der Waals surface area contributed by atoms with Crippen LogP contribution >= 0.6 is 0 Å². The van der Waals surface area contributed by atoms with Crippen LogP contribution in [0.5, 0.6) is 0 Å². The molecule has 3 atom stereocenters. The third kappa shape index (κ3) is 1.16. The molecule has 0 saturated carbocycles. The van der Waals surface area contributed by atoms with Gasteiger partial charge in [0, 0.05) is 13.0 Å². The van der Waals surface area contributed by atoms with Crippen molar-refractivity contribution in [2.45, 2.75) is 44.0 Å². The summed E-state index contributed by atoms with van der Waals surface area (Å²) in [6.07, 6.45) is 3.26. The van der Waals surface area contributed by atoms with E-state index in [0.717, 1.165) is 25.9 Å². The van der Waals surface area contributed by atoms with Crippen molar-refractivity contribution in [3.8, 4) is 0 Å². The summed E-state index contributed by atoms with van der Waals surface area (Å²) in [5.74, 6) is 0. The topological polar surface area (TPSA) is 38.7 Å². The fraction of sp³-hybridized carbons (Fsp3) is 1.00. The standard InChI is InChI=1S/C9H16O3/c1-7-9(4-5-11-7)3-2-8(6-10)12-9/h7-8,10H,2-6H2,1H3. The van der Waals surface area contributed by atoms with E-state index in [9.17, 15) is 0 Å². The first-order chi connectivity index (χ1) is 5.77. The Morgan fingerprint density at radius 3 is 2.83 bits per heavy atom. The van der Waals surface area contributed by atoms with Gasteiger partial charge in [-0.15, -0.1) is 0 Å². The van der Waals surface area contributed by atoms with Gasteiger partial charge in [0.15, 0.2) is 0 Å². The lowest BCUT2D eigenvalue weighted by Crippen LogP contribution is -2.36. The Bertz CT molecular complexity index is 171. The first-order valence-electron chi connectivity index (χ1n) is 4.67. The van der Waals surface area contributed by atoms with Gasteiger partial charge in [-0.3, -0.25) is 0 Å². The van der Waals surface area contributed by atoms with E-state index >= 15 is 0 Å². The summed E-state index contributed by atoms with van der Waals surface area (Å²) >= 11 is 0. The van der Waals surface area contributed by atoms with Gasteiger partial charge < -0.3 is 14.6 Å². The minimum atomic E-state index is -0.0621. The number of aliphatic hydroxyl groups excluding tert-OH is 1. The molecular formula is C9H16O3. The van der Waals surface area contributed by atoms with Gasteiger partial charge in [0.2, 0.25) is 0 Å². The molecule has 2 heterocycles.